The lowest BCUT2D eigenvalue weighted by molar-refractivity contribution is -0.135. The molecule has 0 bridgehead atoms. The molecule has 0 amide bonds. The second kappa shape index (κ2) is 6.21. The minimum Gasteiger partial charge on any atom is -0.383 e. The lowest BCUT2D eigenvalue weighted by Gasteiger charge is -2.09. The molecule has 0 unspecified atom stereocenters. The molecule has 0 aromatic carbocycles. The number of nitrogens with zero attached hydrogens (tertiary/aromatic N) is 2. The van der Waals surface area contributed by atoms with Crippen molar-refractivity contribution < 1.29 is 13.2 Å². The highest BCUT2D eigenvalue weighted by atomic mass is 79.9. The van der Waals surface area contributed by atoms with Crippen LogP contribution in [0.1, 0.15) is 19.3 Å². The maximum Gasteiger partial charge on any atom is 0.389 e. The average Bonchev–Trinajstić information content (AvgIpc) is 2.27. The zero-order chi connectivity index (χ0) is 13.8. The van der Waals surface area contributed by atoms with Crippen LogP contribution in [0.3, 0.4) is 0 Å². The second-order valence-electron chi connectivity index (χ2n) is 3.80. The van der Waals surface area contributed by atoms with E-state index in [-0.39, 0.29) is 12.0 Å². The van der Waals surface area contributed by atoms with Gasteiger partial charge in [0.15, 0.2) is 0 Å². The van der Waals surface area contributed by atoms with Gasteiger partial charge in [0.2, 0.25) is 0 Å². The molecule has 1 rings (SSSR count). The third-order valence-corrected chi connectivity index (χ3v) is 3.05. The van der Waals surface area contributed by atoms with Crippen LogP contribution in [0.4, 0.5) is 18.9 Å². The number of alkyl halides is 3. The Kier molecular flexibility index (Phi) is 5.18. The van der Waals surface area contributed by atoms with Gasteiger partial charge in [-0.2, -0.15) is 18.3 Å². The molecular formula is C10H13BrF3N3O. The predicted molar refractivity (Wildman–Crippen MR) is 65.6 cm³/mol. The molecule has 0 saturated heterocycles. The van der Waals surface area contributed by atoms with E-state index < -0.39 is 12.6 Å². The van der Waals surface area contributed by atoms with Crippen molar-refractivity contribution in [1.29, 1.82) is 0 Å². The number of anilines is 1. The van der Waals surface area contributed by atoms with Crippen LogP contribution in [0.15, 0.2) is 15.5 Å². The molecule has 102 valence electrons. The van der Waals surface area contributed by atoms with Crippen molar-refractivity contribution in [2.24, 2.45) is 7.05 Å². The molecule has 4 nitrogen and oxygen atoms in total. The highest BCUT2D eigenvalue weighted by Crippen LogP contribution is 2.22. The predicted octanol–water partition coefficient (Wildman–Crippen LogP) is 2.69. The largest absolute Gasteiger partial charge is 0.389 e. The Morgan fingerprint density at radius 1 is 1.44 bits per heavy atom. The minimum absolute atomic E-state index is 0.0619. The molecule has 0 spiro atoms. The summed E-state index contributed by atoms with van der Waals surface area (Å²) in [6, 6.07) is 0. The minimum atomic E-state index is -4.11. The van der Waals surface area contributed by atoms with Crippen LogP contribution < -0.4 is 10.9 Å². The van der Waals surface area contributed by atoms with E-state index in [1.165, 1.54) is 17.9 Å². The third-order valence-electron chi connectivity index (χ3n) is 2.28. The van der Waals surface area contributed by atoms with Gasteiger partial charge in [0.25, 0.3) is 5.56 Å². The van der Waals surface area contributed by atoms with Crippen molar-refractivity contribution in [3.63, 3.8) is 0 Å². The molecular weight excluding hydrogens is 315 g/mol. The average molecular weight is 328 g/mol. The van der Waals surface area contributed by atoms with Crippen LogP contribution in [-0.2, 0) is 7.05 Å². The van der Waals surface area contributed by atoms with E-state index >= 15 is 0 Å². The smallest absolute Gasteiger partial charge is 0.383 e. The number of aryl methyl sites for hydroxylation is 1. The Labute approximate surface area is 110 Å². The van der Waals surface area contributed by atoms with Crippen LogP contribution in [0.25, 0.3) is 0 Å². The van der Waals surface area contributed by atoms with E-state index in [0.717, 1.165) is 0 Å². The topological polar surface area (TPSA) is 46.9 Å². The summed E-state index contributed by atoms with van der Waals surface area (Å²) >= 11 is 3.12. The van der Waals surface area contributed by atoms with Gasteiger partial charge in [0, 0.05) is 20.0 Å². The molecule has 8 heteroatoms. The van der Waals surface area contributed by atoms with Gasteiger partial charge in [-0.05, 0) is 28.8 Å². The SMILES string of the molecule is Cn1ncc(NCCCCC(F)(F)F)c(Br)c1=O. The van der Waals surface area contributed by atoms with E-state index in [4.69, 9.17) is 0 Å². The van der Waals surface area contributed by atoms with Gasteiger partial charge < -0.3 is 5.32 Å². The Bertz CT molecular complexity index is 459. The van der Waals surface area contributed by atoms with Gasteiger partial charge in [-0.3, -0.25) is 4.79 Å². The maximum atomic E-state index is 11.9. The van der Waals surface area contributed by atoms with E-state index in [2.05, 4.69) is 26.3 Å². The maximum absolute atomic E-state index is 11.9. The molecule has 0 aliphatic carbocycles. The summed E-state index contributed by atoms with van der Waals surface area (Å²) < 4.78 is 37.2. The van der Waals surface area contributed by atoms with Crippen LogP contribution >= 0.6 is 15.9 Å². The Balaban J connectivity index is 2.41. The van der Waals surface area contributed by atoms with E-state index in [1.54, 1.807) is 0 Å². The molecule has 0 atom stereocenters. The van der Waals surface area contributed by atoms with Crippen molar-refractivity contribution >= 4 is 21.6 Å². The number of hydrogen-bond donors (Lipinski definition) is 1. The fraction of sp³-hybridized carbons (Fsp3) is 0.600. The summed E-state index contributed by atoms with van der Waals surface area (Å²) in [7, 11) is 1.51. The highest BCUT2D eigenvalue weighted by Gasteiger charge is 2.25. The normalized spacial score (nSPS) is 11.6. The van der Waals surface area contributed by atoms with E-state index in [1.807, 2.05) is 0 Å². The lowest BCUT2D eigenvalue weighted by atomic mass is 10.2. The summed E-state index contributed by atoms with van der Waals surface area (Å²) in [5.41, 5.74) is 0.195. The lowest BCUT2D eigenvalue weighted by Crippen LogP contribution is -2.21. The first-order valence-corrected chi connectivity index (χ1v) is 6.13. The fourth-order valence-electron chi connectivity index (χ4n) is 1.31. The van der Waals surface area contributed by atoms with Crippen molar-refractivity contribution in [1.82, 2.24) is 9.78 Å². The fourth-order valence-corrected chi connectivity index (χ4v) is 1.81. The monoisotopic (exact) mass is 327 g/mol. The molecule has 0 aliphatic rings. The van der Waals surface area contributed by atoms with Crippen LogP contribution in [0.5, 0.6) is 0 Å². The van der Waals surface area contributed by atoms with Crippen molar-refractivity contribution in [3.8, 4) is 0 Å². The van der Waals surface area contributed by atoms with E-state index in [0.29, 0.717) is 23.1 Å². The molecule has 1 N–H and O–H groups in total. The van der Waals surface area contributed by atoms with E-state index in [9.17, 15) is 18.0 Å². The quantitative estimate of drug-likeness (QED) is 0.846. The number of aromatic nitrogens is 2. The first-order chi connectivity index (χ1) is 8.31. The molecule has 0 radical (unpaired) electrons. The zero-order valence-corrected chi connectivity index (χ0v) is 11.3. The summed E-state index contributed by atoms with van der Waals surface area (Å²) in [4.78, 5) is 11.5. The summed E-state index contributed by atoms with van der Waals surface area (Å²) in [6.07, 6.45) is -3.00. The second-order valence-corrected chi connectivity index (χ2v) is 4.59. The Hall–Kier alpha value is -1.05. The first-order valence-electron chi connectivity index (χ1n) is 5.33. The third kappa shape index (κ3) is 4.67. The summed E-state index contributed by atoms with van der Waals surface area (Å²) in [5.74, 6) is 0. The number of nitrogens with one attached hydrogen (secondary N) is 1. The van der Waals surface area contributed by atoms with Gasteiger partial charge in [0.1, 0.15) is 4.47 Å². The van der Waals surface area contributed by atoms with Crippen molar-refractivity contribution in [3.05, 3.63) is 21.0 Å². The molecule has 0 saturated carbocycles. The highest BCUT2D eigenvalue weighted by molar-refractivity contribution is 9.10. The van der Waals surface area contributed by atoms with Gasteiger partial charge >= 0.3 is 6.18 Å². The Morgan fingerprint density at radius 2 is 2.11 bits per heavy atom. The number of unbranched alkanes of at least 4 members (excludes halogenated alkanes) is 1. The molecule has 1 aromatic heterocycles. The Morgan fingerprint density at radius 3 is 2.72 bits per heavy atom. The van der Waals surface area contributed by atoms with Crippen LogP contribution in [0.2, 0.25) is 0 Å². The standard InChI is InChI=1S/C10H13BrF3N3O/c1-17-9(18)8(11)7(6-16-17)15-5-3-2-4-10(12,13)14/h6,15H,2-5H2,1H3. The molecule has 0 fully saturated rings. The zero-order valence-electron chi connectivity index (χ0n) is 9.72. The van der Waals surface area contributed by atoms with Gasteiger partial charge in [-0.15, -0.1) is 0 Å². The summed E-state index contributed by atoms with van der Waals surface area (Å²) in [6.45, 7) is 0.365. The molecule has 1 heterocycles. The van der Waals surface area contributed by atoms with Gasteiger partial charge in [0.05, 0.1) is 11.9 Å². The molecule has 18 heavy (non-hydrogen) atoms. The van der Waals surface area contributed by atoms with Crippen molar-refractivity contribution in [2.75, 3.05) is 11.9 Å². The van der Waals surface area contributed by atoms with Crippen LogP contribution in [0, 0.1) is 0 Å². The first kappa shape index (κ1) is 15.0. The molecule has 1 aromatic rings. The number of rotatable bonds is 5. The number of halogens is 4. The van der Waals surface area contributed by atoms with Gasteiger partial charge in [-0.25, -0.2) is 4.68 Å². The summed E-state index contributed by atoms with van der Waals surface area (Å²) in [5, 5.41) is 6.69. The number of hydrogen-bond acceptors (Lipinski definition) is 3. The molecule has 0 aliphatic heterocycles. The van der Waals surface area contributed by atoms with Gasteiger partial charge in [-0.1, -0.05) is 0 Å². The van der Waals surface area contributed by atoms with Crippen molar-refractivity contribution in [2.45, 2.75) is 25.4 Å². The van der Waals surface area contributed by atoms with Crippen LogP contribution in [-0.4, -0.2) is 22.5 Å².